The normalized spacial score (nSPS) is 13.1. The smallest absolute Gasteiger partial charge is 0.220 e. The van der Waals surface area contributed by atoms with Crippen LogP contribution in [-0.4, -0.2) is 39.3 Å². The quantitative estimate of drug-likeness (QED) is 0.734. The van der Waals surface area contributed by atoms with E-state index in [2.05, 4.69) is 10.6 Å². The summed E-state index contributed by atoms with van der Waals surface area (Å²) in [7, 11) is 1.89. The second-order valence-corrected chi connectivity index (χ2v) is 4.79. The van der Waals surface area contributed by atoms with E-state index in [9.17, 15) is 4.79 Å². The molecule has 0 saturated carbocycles. The molecule has 1 heterocycles. The van der Waals surface area contributed by atoms with Crippen LogP contribution in [0.3, 0.4) is 0 Å². The van der Waals surface area contributed by atoms with Gasteiger partial charge in [0.05, 0.1) is 0 Å². The maximum atomic E-state index is 11.6. The molecule has 5 heteroatoms. The Bertz CT molecular complexity index is 449. The van der Waals surface area contributed by atoms with Crippen molar-refractivity contribution < 1.29 is 14.3 Å². The fourth-order valence-corrected chi connectivity index (χ4v) is 2.10. The van der Waals surface area contributed by atoms with Crippen molar-refractivity contribution in [2.45, 2.75) is 19.3 Å². The third-order valence-corrected chi connectivity index (χ3v) is 3.17. The van der Waals surface area contributed by atoms with E-state index in [0.29, 0.717) is 26.2 Å². The summed E-state index contributed by atoms with van der Waals surface area (Å²) in [5, 5.41) is 5.96. The van der Waals surface area contributed by atoms with Gasteiger partial charge in [-0.2, -0.15) is 0 Å². The zero-order valence-electron chi connectivity index (χ0n) is 11.9. The predicted molar refractivity (Wildman–Crippen MR) is 77.3 cm³/mol. The van der Waals surface area contributed by atoms with Crippen molar-refractivity contribution in [3.8, 4) is 11.5 Å². The summed E-state index contributed by atoms with van der Waals surface area (Å²) >= 11 is 0. The van der Waals surface area contributed by atoms with Gasteiger partial charge in [-0.15, -0.1) is 0 Å². The van der Waals surface area contributed by atoms with E-state index in [1.54, 1.807) is 0 Å². The minimum atomic E-state index is 0.109. The van der Waals surface area contributed by atoms with E-state index in [4.69, 9.17) is 9.47 Å². The lowest BCUT2D eigenvalue weighted by Gasteiger charge is -2.18. The molecule has 0 radical (unpaired) electrons. The van der Waals surface area contributed by atoms with Gasteiger partial charge in [0.2, 0.25) is 5.91 Å². The second kappa shape index (κ2) is 7.75. The Labute approximate surface area is 119 Å². The van der Waals surface area contributed by atoms with Gasteiger partial charge in [0.25, 0.3) is 0 Å². The van der Waals surface area contributed by atoms with Gasteiger partial charge in [0.1, 0.15) is 13.2 Å². The monoisotopic (exact) mass is 278 g/mol. The van der Waals surface area contributed by atoms with Crippen LogP contribution in [0.25, 0.3) is 0 Å². The van der Waals surface area contributed by atoms with E-state index >= 15 is 0 Å². The molecular formula is C15H22N2O3. The Hall–Kier alpha value is -1.75. The topological polar surface area (TPSA) is 59.6 Å². The van der Waals surface area contributed by atoms with Crippen LogP contribution in [0.5, 0.6) is 11.5 Å². The molecule has 1 aliphatic rings. The van der Waals surface area contributed by atoms with Crippen LogP contribution >= 0.6 is 0 Å². The Morgan fingerprint density at radius 1 is 1.20 bits per heavy atom. The summed E-state index contributed by atoms with van der Waals surface area (Å²) in [5.74, 6) is 1.71. The number of carbonyl (C=O) groups excluding carboxylic acids is 1. The predicted octanol–water partition coefficient (Wildman–Crippen LogP) is 1.12. The summed E-state index contributed by atoms with van der Waals surface area (Å²) in [6.07, 6.45) is 2.24. The van der Waals surface area contributed by atoms with Crippen LogP contribution in [0.4, 0.5) is 0 Å². The van der Waals surface area contributed by atoms with Gasteiger partial charge in [-0.1, -0.05) is 6.07 Å². The molecule has 1 aromatic carbocycles. The molecule has 2 rings (SSSR count). The van der Waals surface area contributed by atoms with Crippen molar-refractivity contribution in [3.05, 3.63) is 23.8 Å². The standard InChI is InChI=1S/C15H22N2O3/c1-16-7-2-3-15(18)17-8-6-12-4-5-13-14(11-12)20-10-9-19-13/h4-5,11,16H,2-3,6-10H2,1H3,(H,17,18). The molecule has 0 aliphatic carbocycles. The highest BCUT2D eigenvalue weighted by molar-refractivity contribution is 5.75. The minimum Gasteiger partial charge on any atom is -0.486 e. The molecule has 0 bridgehead atoms. The van der Waals surface area contributed by atoms with Gasteiger partial charge in [-0.05, 0) is 44.1 Å². The summed E-state index contributed by atoms with van der Waals surface area (Å²) < 4.78 is 11.0. The number of ether oxygens (including phenoxy) is 2. The number of hydrogen-bond acceptors (Lipinski definition) is 4. The van der Waals surface area contributed by atoms with Crippen molar-refractivity contribution in [1.82, 2.24) is 10.6 Å². The first-order valence-electron chi connectivity index (χ1n) is 7.09. The summed E-state index contributed by atoms with van der Waals surface area (Å²) in [4.78, 5) is 11.6. The molecule has 0 aromatic heterocycles. The van der Waals surface area contributed by atoms with Crippen LogP contribution in [0.15, 0.2) is 18.2 Å². The number of nitrogens with one attached hydrogen (secondary N) is 2. The Morgan fingerprint density at radius 2 is 2.00 bits per heavy atom. The average Bonchev–Trinajstić information content (AvgIpc) is 2.47. The van der Waals surface area contributed by atoms with Crippen molar-refractivity contribution in [1.29, 1.82) is 0 Å². The van der Waals surface area contributed by atoms with Gasteiger partial charge in [-0.25, -0.2) is 0 Å². The fourth-order valence-electron chi connectivity index (χ4n) is 2.10. The molecule has 5 nitrogen and oxygen atoms in total. The maximum absolute atomic E-state index is 11.6. The van der Waals surface area contributed by atoms with Crippen molar-refractivity contribution in [2.24, 2.45) is 0 Å². The average molecular weight is 278 g/mol. The van der Waals surface area contributed by atoms with Gasteiger partial charge in [-0.3, -0.25) is 4.79 Å². The van der Waals surface area contributed by atoms with E-state index in [0.717, 1.165) is 36.4 Å². The van der Waals surface area contributed by atoms with Crippen molar-refractivity contribution >= 4 is 5.91 Å². The second-order valence-electron chi connectivity index (χ2n) is 4.79. The van der Waals surface area contributed by atoms with Gasteiger partial charge < -0.3 is 20.1 Å². The number of benzene rings is 1. The highest BCUT2D eigenvalue weighted by Crippen LogP contribution is 2.30. The number of amides is 1. The highest BCUT2D eigenvalue weighted by Gasteiger charge is 2.11. The molecule has 20 heavy (non-hydrogen) atoms. The molecule has 110 valence electrons. The molecule has 2 N–H and O–H groups in total. The lowest BCUT2D eigenvalue weighted by Crippen LogP contribution is -2.26. The number of rotatable bonds is 7. The zero-order valence-corrected chi connectivity index (χ0v) is 11.9. The SMILES string of the molecule is CNCCCC(=O)NCCc1ccc2c(c1)OCCO2. The Balaban J connectivity index is 1.72. The molecule has 1 aliphatic heterocycles. The first-order chi connectivity index (χ1) is 9.79. The molecular weight excluding hydrogens is 256 g/mol. The first kappa shape index (κ1) is 14.7. The molecule has 1 amide bonds. The molecule has 0 atom stereocenters. The lowest BCUT2D eigenvalue weighted by molar-refractivity contribution is -0.121. The van der Waals surface area contributed by atoms with Gasteiger partial charge in [0.15, 0.2) is 11.5 Å². The summed E-state index contributed by atoms with van der Waals surface area (Å²) in [6, 6.07) is 5.93. The summed E-state index contributed by atoms with van der Waals surface area (Å²) in [5.41, 5.74) is 1.14. The third kappa shape index (κ3) is 4.42. The van der Waals surface area contributed by atoms with Crippen molar-refractivity contribution in [3.63, 3.8) is 0 Å². The zero-order chi connectivity index (χ0) is 14.2. The Morgan fingerprint density at radius 3 is 2.80 bits per heavy atom. The molecule has 0 fully saturated rings. The van der Waals surface area contributed by atoms with Gasteiger partial charge in [0, 0.05) is 13.0 Å². The van der Waals surface area contributed by atoms with Crippen LogP contribution < -0.4 is 20.1 Å². The van der Waals surface area contributed by atoms with E-state index in [-0.39, 0.29) is 5.91 Å². The number of carbonyl (C=O) groups is 1. The molecule has 0 unspecified atom stereocenters. The summed E-state index contributed by atoms with van der Waals surface area (Å²) in [6.45, 7) is 2.72. The number of fused-ring (bicyclic) bond motifs is 1. The third-order valence-electron chi connectivity index (χ3n) is 3.17. The van der Waals surface area contributed by atoms with Crippen molar-refractivity contribution in [2.75, 3.05) is 33.4 Å². The fraction of sp³-hybridized carbons (Fsp3) is 0.533. The first-order valence-corrected chi connectivity index (χ1v) is 7.09. The molecule has 0 spiro atoms. The molecule has 0 saturated heterocycles. The number of hydrogen-bond donors (Lipinski definition) is 2. The largest absolute Gasteiger partial charge is 0.486 e. The Kier molecular flexibility index (Phi) is 5.68. The molecule has 1 aromatic rings. The van der Waals surface area contributed by atoms with Gasteiger partial charge >= 0.3 is 0 Å². The lowest BCUT2D eigenvalue weighted by atomic mass is 10.1. The van der Waals surface area contributed by atoms with E-state index in [1.165, 1.54) is 0 Å². The van der Waals surface area contributed by atoms with Crippen LogP contribution in [0.2, 0.25) is 0 Å². The maximum Gasteiger partial charge on any atom is 0.220 e. The van der Waals surface area contributed by atoms with E-state index < -0.39 is 0 Å². The van der Waals surface area contributed by atoms with Crippen LogP contribution in [-0.2, 0) is 11.2 Å². The van der Waals surface area contributed by atoms with Crippen LogP contribution in [0, 0.1) is 0 Å². The highest BCUT2D eigenvalue weighted by atomic mass is 16.6. The van der Waals surface area contributed by atoms with Crippen LogP contribution in [0.1, 0.15) is 18.4 Å². The van der Waals surface area contributed by atoms with E-state index in [1.807, 2.05) is 25.2 Å². The minimum absolute atomic E-state index is 0.109.